The van der Waals surface area contributed by atoms with Crippen molar-refractivity contribution in [1.29, 1.82) is 0 Å². The van der Waals surface area contributed by atoms with Crippen LogP contribution in [0.15, 0.2) is 30.3 Å². The van der Waals surface area contributed by atoms with Gasteiger partial charge in [0, 0.05) is 7.05 Å². The summed E-state index contributed by atoms with van der Waals surface area (Å²) in [7, 11) is 1.01. The van der Waals surface area contributed by atoms with Crippen LogP contribution in [0.4, 0.5) is 18.0 Å². The van der Waals surface area contributed by atoms with Crippen LogP contribution in [0.3, 0.4) is 0 Å². The molecule has 0 aromatic heterocycles. The van der Waals surface area contributed by atoms with Crippen molar-refractivity contribution in [2.75, 3.05) is 20.1 Å². The van der Waals surface area contributed by atoms with Gasteiger partial charge in [-0.15, -0.1) is 0 Å². The number of alkyl halides is 3. The first-order valence-corrected chi connectivity index (χ1v) is 6.03. The Balaban J connectivity index is 2.28. The number of ether oxygens (including phenoxy) is 1. The summed E-state index contributed by atoms with van der Waals surface area (Å²) in [6, 6.07) is 8.84. The Morgan fingerprint density at radius 3 is 2.43 bits per heavy atom. The molecular weight excluding hydrogens is 289 g/mol. The van der Waals surface area contributed by atoms with Gasteiger partial charge in [0.05, 0.1) is 0 Å². The molecule has 0 saturated carbocycles. The van der Waals surface area contributed by atoms with Gasteiger partial charge < -0.3 is 15.0 Å². The Kier molecular flexibility index (Phi) is 6.01. The topological polar surface area (TPSA) is 58.6 Å². The molecule has 1 N–H and O–H groups in total. The van der Waals surface area contributed by atoms with E-state index in [1.807, 2.05) is 0 Å². The average molecular weight is 304 g/mol. The van der Waals surface area contributed by atoms with Crippen LogP contribution in [-0.4, -0.2) is 43.2 Å². The zero-order valence-electron chi connectivity index (χ0n) is 11.3. The zero-order valence-corrected chi connectivity index (χ0v) is 11.3. The highest BCUT2D eigenvalue weighted by Crippen LogP contribution is 2.15. The molecule has 0 fully saturated rings. The molecule has 0 saturated heterocycles. The molecule has 0 spiro atoms. The molecule has 1 aromatic rings. The third-order valence-electron chi connectivity index (χ3n) is 2.44. The quantitative estimate of drug-likeness (QED) is 0.904. The van der Waals surface area contributed by atoms with E-state index in [9.17, 15) is 22.8 Å². The van der Waals surface area contributed by atoms with Gasteiger partial charge in [-0.05, 0) is 5.56 Å². The van der Waals surface area contributed by atoms with Gasteiger partial charge in [-0.3, -0.25) is 4.79 Å². The second-order valence-electron chi connectivity index (χ2n) is 4.28. The van der Waals surface area contributed by atoms with Gasteiger partial charge >= 0.3 is 12.3 Å². The average Bonchev–Trinajstić information content (AvgIpc) is 2.41. The predicted molar refractivity (Wildman–Crippen MR) is 68.3 cm³/mol. The summed E-state index contributed by atoms with van der Waals surface area (Å²) in [5.74, 6) is -0.857. The maximum atomic E-state index is 12.1. The number of hydrogen-bond donors (Lipinski definition) is 1. The summed E-state index contributed by atoms with van der Waals surface area (Å²) in [6.45, 7) is -1.91. The van der Waals surface area contributed by atoms with Gasteiger partial charge in [0.2, 0.25) is 5.91 Å². The molecular formula is C13H15F3N2O3. The molecule has 0 radical (unpaired) electrons. The fraction of sp³-hybridized carbons (Fsp3) is 0.385. The Morgan fingerprint density at radius 2 is 1.86 bits per heavy atom. The van der Waals surface area contributed by atoms with Crippen molar-refractivity contribution >= 4 is 12.0 Å². The molecule has 0 aliphatic heterocycles. The number of carbonyl (C=O) groups is 2. The van der Waals surface area contributed by atoms with Crippen LogP contribution in [0.5, 0.6) is 0 Å². The van der Waals surface area contributed by atoms with Crippen LogP contribution in [0.2, 0.25) is 0 Å². The Hall–Kier alpha value is -2.25. The monoisotopic (exact) mass is 304 g/mol. The fourth-order valence-corrected chi connectivity index (χ4v) is 1.41. The third-order valence-corrected chi connectivity index (χ3v) is 2.44. The predicted octanol–water partition coefficient (Wildman–Crippen LogP) is 1.93. The molecule has 0 heterocycles. The van der Waals surface area contributed by atoms with Gasteiger partial charge in [-0.2, -0.15) is 13.2 Å². The van der Waals surface area contributed by atoms with E-state index in [0.29, 0.717) is 4.90 Å². The van der Waals surface area contributed by atoms with Gasteiger partial charge in [-0.1, -0.05) is 30.3 Å². The van der Waals surface area contributed by atoms with Crippen molar-refractivity contribution in [3.05, 3.63) is 35.9 Å². The highest BCUT2D eigenvalue weighted by molar-refractivity contribution is 5.82. The summed E-state index contributed by atoms with van der Waals surface area (Å²) in [5, 5.41) is 2.10. The molecule has 0 atom stereocenters. The van der Waals surface area contributed by atoms with E-state index < -0.39 is 31.3 Å². The van der Waals surface area contributed by atoms with Gasteiger partial charge in [0.1, 0.15) is 19.7 Å². The second kappa shape index (κ2) is 7.51. The lowest BCUT2D eigenvalue weighted by Gasteiger charge is -2.18. The highest BCUT2D eigenvalue weighted by atomic mass is 19.4. The van der Waals surface area contributed by atoms with Crippen LogP contribution in [0, 0.1) is 0 Å². The lowest BCUT2D eigenvalue weighted by Crippen LogP contribution is -2.42. The summed E-state index contributed by atoms with van der Waals surface area (Å²) in [4.78, 5) is 23.1. The van der Waals surface area contributed by atoms with E-state index in [1.165, 1.54) is 0 Å². The van der Waals surface area contributed by atoms with Gasteiger partial charge in [0.15, 0.2) is 0 Å². The number of nitrogens with zero attached hydrogens (tertiary/aromatic N) is 1. The first-order chi connectivity index (χ1) is 9.78. The van der Waals surface area contributed by atoms with Crippen molar-refractivity contribution in [3.63, 3.8) is 0 Å². The first-order valence-electron chi connectivity index (χ1n) is 6.03. The van der Waals surface area contributed by atoms with E-state index in [2.05, 4.69) is 5.32 Å². The standard InChI is InChI=1S/C13H15F3N2O3/c1-18(9-13(14,15)16)11(19)7-17-12(20)21-8-10-5-3-2-4-6-10/h2-6H,7-9H2,1H3,(H,17,20). The molecule has 0 unspecified atom stereocenters. The third kappa shape index (κ3) is 7.19. The minimum absolute atomic E-state index is 0.0131. The van der Waals surface area contributed by atoms with Crippen molar-refractivity contribution in [2.45, 2.75) is 12.8 Å². The van der Waals surface area contributed by atoms with Crippen LogP contribution < -0.4 is 5.32 Å². The van der Waals surface area contributed by atoms with Crippen LogP contribution in [0.25, 0.3) is 0 Å². The number of nitrogens with one attached hydrogen (secondary N) is 1. The van der Waals surface area contributed by atoms with Crippen molar-refractivity contribution in [3.8, 4) is 0 Å². The Morgan fingerprint density at radius 1 is 1.24 bits per heavy atom. The van der Waals surface area contributed by atoms with Crippen molar-refractivity contribution in [1.82, 2.24) is 10.2 Å². The number of benzene rings is 1. The number of hydrogen-bond acceptors (Lipinski definition) is 3. The summed E-state index contributed by atoms with van der Waals surface area (Å²) >= 11 is 0. The van der Waals surface area contributed by atoms with E-state index in [-0.39, 0.29) is 6.61 Å². The minimum atomic E-state index is -4.47. The Labute approximate surface area is 119 Å². The van der Waals surface area contributed by atoms with E-state index in [0.717, 1.165) is 12.6 Å². The maximum absolute atomic E-state index is 12.1. The number of amides is 2. The van der Waals surface area contributed by atoms with E-state index >= 15 is 0 Å². The maximum Gasteiger partial charge on any atom is 0.407 e. The van der Waals surface area contributed by atoms with Crippen molar-refractivity contribution < 1.29 is 27.5 Å². The van der Waals surface area contributed by atoms with Gasteiger partial charge in [0.25, 0.3) is 0 Å². The molecule has 0 aliphatic rings. The largest absolute Gasteiger partial charge is 0.445 e. The first kappa shape index (κ1) is 16.8. The number of carbonyl (C=O) groups excluding carboxylic acids is 2. The molecule has 5 nitrogen and oxygen atoms in total. The molecule has 1 aromatic carbocycles. The summed E-state index contributed by atoms with van der Waals surface area (Å²) < 4.78 is 41.0. The molecule has 0 bridgehead atoms. The number of rotatable bonds is 5. The molecule has 8 heteroatoms. The minimum Gasteiger partial charge on any atom is -0.445 e. The van der Waals surface area contributed by atoms with Crippen LogP contribution in [0.1, 0.15) is 5.56 Å². The summed E-state index contributed by atoms with van der Waals surface area (Å²) in [5.41, 5.74) is 0.758. The lowest BCUT2D eigenvalue weighted by atomic mass is 10.2. The Bertz CT molecular complexity index is 477. The summed E-state index contributed by atoms with van der Waals surface area (Å²) in [6.07, 6.45) is -5.34. The lowest BCUT2D eigenvalue weighted by molar-refractivity contribution is -0.157. The number of alkyl carbamates (subject to hydrolysis) is 1. The molecule has 2 amide bonds. The fourth-order valence-electron chi connectivity index (χ4n) is 1.41. The molecule has 116 valence electrons. The van der Waals surface area contributed by atoms with E-state index in [4.69, 9.17) is 4.74 Å². The smallest absolute Gasteiger partial charge is 0.407 e. The number of halogens is 3. The second-order valence-corrected chi connectivity index (χ2v) is 4.28. The highest BCUT2D eigenvalue weighted by Gasteiger charge is 2.31. The van der Waals surface area contributed by atoms with Gasteiger partial charge in [-0.25, -0.2) is 4.79 Å². The normalized spacial score (nSPS) is 10.9. The van der Waals surface area contributed by atoms with E-state index in [1.54, 1.807) is 30.3 Å². The zero-order chi connectivity index (χ0) is 15.9. The van der Waals surface area contributed by atoms with Crippen LogP contribution in [-0.2, 0) is 16.1 Å². The molecule has 0 aliphatic carbocycles. The molecule has 1 rings (SSSR count). The molecule has 21 heavy (non-hydrogen) atoms. The number of likely N-dealkylation sites (N-methyl/N-ethyl adjacent to an activating group) is 1. The van der Waals surface area contributed by atoms with Crippen LogP contribution >= 0.6 is 0 Å². The SMILES string of the molecule is CN(CC(F)(F)F)C(=O)CNC(=O)OCc1ccccc1. The van der Waals surface area contributed by atoms with Crippen molar-refractivity contribution in [2.24, 2.45) is 0 Å².